The van der Waals surface area contributed by atoms with Crippen molar-refractivity contribution in [3.05, 3.63) is 96.1 Å². The molecule has 31 heavy (non-hydrogen) atoms. The van der Waals surface area contributed by atoms with E-state index in [-0.39, 0.29) is 5.41 Å². The SMILES string of the molecule is CC.CC.CC1(C)c2cc3c(ccc4ccccc43)cc2-c2ccc3ccccc3c21. The van der Waals surface area contributed by atoms with Crippen LogP contribution in [-0.4, -0.2) is 0 Å². The minimum absolute atomic E-state index is 0.00331. The van der Waals surface area contributed by atoms with Crippen molar-refractivity contribution >= 4 is 32.3 Å². The zero-order chi connectivity index (χ0) is 22.2. The second kappa shape index (κ2) is 8.19. The Kier molecular flexibility index (Phi) is 5.58. The van der Waals surface area contributed by atoms with Gasteiger partial charge in [-0.15, -0.1) is 0 Å². The van der Waals surface area contributed by atoms with E-state index in [0.717, 1.165) is 0 Å². The standard InChI is InChI=1S/C27H20.2C2H6/c1-27(2)25-16-23-19(12-11-17-7-3-5-9-20(17)23)15-24(25)22-14-13-18-8-4-6-10-21(18)26(22)27;2*1-2/h3-16H,1-2H3;2*1-2H3. The van der Waals surface area contributed by atoms with Gasteiger partial charge in [0.25, 0.3) is 0 Å². The number of benzene rings is 5. The summed E-state index contributed by atoms with van der Waals surface area (Å²) < 4.78 is 0. The van der Waals surface area contributed by atoms with Crippen LogP contribution in [0.4, 0.5) is 0 Å². The number of hydrogen-bond acceptors (Lipinski definition) is 0. The van der Waals surface area contributed by atoms with Crippen molar-refractivity contribution in [1.29, 1.82) is 0 Å². The zero-order valence-electron chi connectivity index (χ0n) is 19.6. The summed E-state index contributed by atoms with van der Waals surface area (Å²) in [6, 6.07) is 31.4. The molecule has 1 aliphatic rings. The molecular formula is C31H32. The summed E-state index contributed by atoms with van der Waals surface area (Å²) in [6.45, 7) is 12.8. The van der Waals surface area contributed by atoms with Crippen molar-refractivity contribution in [1.82, 2.24) is 0 Å². The molecule has 0 nitrogen and oxygen atoms in total. The minimum atomic E-state index is -0.00331. The first-order chi connectivity index (χ1) is 15.1. The van der Waals surface area contributed by atoms with Gasteiger partial charge in [0.2, 0.25) is 0 Å². The highest BCUT2D eigenvalue weighted by molar-refractivity contribution is 6.10. The highest BCUT2D eigenvalue weighted by Gasteiger charge is 2.37. The van der Waals surface area contributed by atoms with E-state index in [0.29, 0.717) is 0 Å². The van der Waals surface area contributed by atoms with Crippen molar-refractivity contribution < 1.29 is 0 Å². The Morgan fingerprint density at radius 3 is 1.74 bits per heavy atom. The van der Waals surface area contributed by atoms with Crippen LogP contribution in [-0.2, 0) is 5.41 Å². The molecule has 0 radical (unpaired) electrons. The molecule has 1 aliphatic carbocycles. The van der Waals surface area contributed by atoms with Gasteiger partial charge in [-0.3, -0.25) is 0 Å². The number of rotatable bonds is 0. The summed E-state index contributed by atoms with van der Waals surface area (Å²) in [5, 5.41) is 8.04. The molecule has 0 heterocycles. The van der Waals surface area contributed by atoms with E-state index in [9.17, 15) is 0 Å². The first-order valence-electron chi connectivity index (χ1n) is 11.6. The Labute approximate surface area is 186 Å². The molecule has 6 rings (SSSR count). The van der Waals surface area contributed by atoms with Gasteiger partial charge in [0, 0.05) is 5.41 Å². The fourth-order valence-electron chi connectivity index (χ4n) is 5.10. The average molecular weight is 405 g/mol. The summed E-state index contributed by atoms with van der Waals surface area (Å²) >= 11 is 0. The van der Waals surface area contributed by atoms with Crippen LogP contribution < -0.4 is 0 Å². The van der Waals surface area contributed by atoms with E-state index in [4.69, 9.17) is 0 Å². The summed E-state index contributed by atoms with van der Waals surface area (Å²) in [5.74, 6) is 0. The highest BCUT2D eigenvalue weighted by atomic mass is 14.4. The van der Waals surface area contributed by atoms with Gasteiger partial charge in [0.05, 0.1) is 0 Å². The van der Waals surface area contributed by atoms with E-state index in [1.807, 2.05) is 27.7 Å². The van der Waals surface area contributed by atoms with Gasteiger partial charge >= 0.3 is 0 Å². The van der Waals surface area contributed by atoms with Gasteiger partial charge in [0.15, 0.2) is 0 Å². The number of fused-ring (bicyclic) bond motifs is 8. The number of hydrogen-bond donors (Lipinski definition) is 0. The molecule has 0 amide bonds. The molecule has 0 bridgehead atoms. The van der Waals surface area contributed by atoms with Crippen LogP contribution in [0.3, 0.4) is 0 Å². The van der Waals surface area contributed by atoms with E-state index < -0.39 is 0 Å². The minimum Gasteiger partial charge on any atom is -0.0683 e. The van der Waals surface area contributed by atoms with Gasteiger partial charge < -0.3 is 0 Å². The van der Waals surface area contributed by atoms with E-state index >= 15 is 0 Å². The van der Waals surface area contributed by atoms with Gasteiger partial charge in [-0.05, 0) is 66.7 Å². The molecule has 0 N–H and O–H groups in total. The maximum Gasteiger partial charge on any atom is 0.0165 e. The predicted octanol–water partition coefficient (Wildman–Crippen LogP) is 9.50. The molecule has 156 valence electrons. The molecule has 5 aromatic carbocycles. The molecule has 0 unspecified atom stereocenters. The van der Waals surface area contributed by atoms with Crippen molar-refractivity contribution in [2.24, 2.45) is 0 Å². The molecule has 0 heteroatoms. The predicted molar refractivity (Wildman–Crippen MR) is 139 cm³/mol. The van der Waals surface area contributed by atoms with Crippen LogP contribution >= 0.6 is 0 Å². The molecule has 0 aliphatic heterocycles. The third-order valence-electron chi connectivity index (χ3n) is 6.40. The van der Waals surface area contributed by atoms with Crippen LogP contribution in [0, 0.1) is 0 Å². The van der Waals surface area contributed by atoms with Crippen molar-refractivity contribution in [2.75, 3.05) is 0 Å². The van der Waals surface area contributed by atoms with Crippen molar-refractivity contribution in [3.63, 3.8) is 0 Å². The Morgan fingerprint density at radius 2 is 1.03 bits per heavy atom. The van der Waals surface area contributed by atoms with Crippen molar-refractivity contribution in [2.45, 2.75) is 47.0 Å². The van der Waals surface area contributed by atoms with Crippen LogP contribution in [0.5, 0.6) is 0 Å². The lowest BCUT2D eigenvalue weighted by molar-refractivity contribution is 0.667. The summed E-state index contributed by atoms with van der Waals surface area (Å²) in [6.07, 6.45) is 0. The fraction of sp³-hybridized carbons (Fsp3) is 0.226. The Bertz CT molecular complexity index is 1390. The van der Waals surface area contributed by atoms with E-state index in [1.54, 1.807) is 0 Å². The average Bonchev–Trinajstić information content (AvgIpc) is 3.07. The van der Waals surface area contributed by atoms with E-state index in [2.05, 4.69) is 98.8 Å². The molecule has 0 saturated heterocycles. The topological polar surface area (TPSA) is 0 Å². The van der Waals surface area contributed by atoms with Crippen molar-refractivity contribution in [3.8, 4) is 11.1 Å². The first kappa shape index (κ1) is 21.1. The summed E-state index contributed by atoms with van der Waals surface area (Å²) in [7, 11) is 0. The monoisotopic (exact) mass is 404 g/mol. The third kappa shape index (κ3) is 3.13. The van der Waals surface area contributed by atoms with Crippen LogP contribution in [0.1, 0.15) is 52.7 Å². The second-order valence-electron chi connectivity index (χ2n) is 8.24. The molecular weight excluding hydrogens is 372 g/mol. The lowest BCUT2D eigenvalue weighted by Gasteiger charge is -2.23. The lowest BCUT2D eigenvalue weighted by Crippen LogP contribution is -2.15. The molecule has 5 aromatic rings. The maximum absolute atomic E-state index is 2.45. The highest BCUT2D eigenvalue weighted by Crippen LogP contribution is 2.52. The quantitative estimate of drug-likeness (QED) is 0.225. The summed E-state index contributed by atoms with van der Waals surface area (Å²) in [4.78, 5) is 0. The van der Waals surface area contributed by atoms with Gasteiger partial charge in [0.1, 0.15) is 0 Å². The Balaban J connectivity index is 0.000000549. The van der Waals surface area contributed by atoms with E-state index in [1.165, 1.54) is 54.6 Å². The molecule has 0 saturated carbocycles. The normalized spacial score (nSPS) is 13.1. The first-order valence-corrected chi connectivity index (χ1v) is 11.6. The van der Waals surface area contributed by atoms with Crippen LogP contribution in [0.2, 0.25) is 0 Å². The third-order valence-corrected chi connectivity index (χ3v) is 6.40. The molecule has 0 aromatic heterocycles. The fourth-order valence-corrected chi connectivity index (χ4v) is 5.10. The van der Waals surface area contributed by atoms with Gasteiger partial charge in [-0.1, -0.05) is 114 Å². The smallest absolute Gasteiger partial charge is 0.0165 e. The van der Waals surface area contributed by atoms with Gasteiger partial charge in [-0.2, -0.15) is 0 Å². The largest absolute Gasteiger partial charge is 0.0683 e. The second-order valence-corrected chi connectivity index (χ2v) is 8.24. The zero-order valence-corrected chi connectivity index (χ0v) is 19.6. The lowest BCUT2D eigenvalue weighted by atomic mass is 9.79. The molecule has 0 spiro atoms. The molecule has 0 atom stereocenters. The maximum atomic E-state index is 2.45. The molecule has 0 fully saturated rings. The van der Waals surface area contributed by atoms with Crippen LogP contribution in [0.15, 0.2) is 84.9 Å². The summed E-state index contributed by atoms with van der Waals surface area (Å²) in [5.41, 5.74) is 5.69. The Hall–Kier alpha value is -3.12. The Morgan fingerprint density at radius 1 is 0.484 bits per heavy atom. The van der Waals surface area contributed by atoms with Gasteiger partial charge in [-0.25, -0.2) is 0 Å². The van der Waals surface area contributed by atoms with Crippen LogP contribution in [0.25, 0.3) is 43.4 Å².